The monoisotopic (exact) mass is 267 g/mol. The van der Waals surface area contributed by atoms with Gasteiger partial charge >= 0.3 is 5.97 Å². The van der Waals surface area contributed by atoms with Gasteiger partial charge in [-0.1, -0.05) is 6.92 Å². The van der Waals surface area contributed by atoms with Crippen molar-refractivity contribution >= 4 is 23.2 Å². The third kappa shape index (κ3) is 2.72. The second-order valence-electron chi connectivity index (χ2n) is 4.94. The summed E-state index contributed by atoms with van der Waals surface area (Å²) in [7, 11) is 0. The van der Waals surface area contributed by atoms with Crippen LogP contribution in [0.25, 0.3) is 0 Å². The molecule has 1 heterocycles. The highest BCUT2D eigenvalue weighted by atomic mass is 32.1. The van der Waals surface area contributed by atoms with Gasteiger partial charge in [-0.05, 0) is 43.7 Å². The molecule has 1 aliphatic carbocycles. The van der Waals surface area contributed by atoms with Gasteiger partial charge in [0.15, 0.2) is 0 Å². The first-order valence-electron chi connectivity index (χ1n) is 6.12. The van der Waals surface area contributed by atoms with Crippen LogP contribution in [0.4, 0.5) is 0 Å². The van der Waals surface area contributed by atoms with Crippen LogP contribution in [0.3, 0.4) is 0 Å². The summed E-state index contributed by atoms with van der Waals surface area (Å²) in [6.07, 6.45) is 3.22. The normalized spacial score (nSPS) is 20.0. The van der Waals surface area contributed by atoms with Crippen molar-refractivity contribution in [2.75, 3.05) is 0 Å². The Morgan fingerprint density at radius 1 is 1.56 bits per heavy atom. The third-order valence-electron chi connectivity index (χ3n) is 3.27. The molecular weight excluding hydrogens is 250 g/mol. The Morgan fingerprint density at radius 3 is 2.94 bits per heavy atom. The second kappa shape index (κ2) is 5.10. The van der Waals surface area contributed by atoms with Crippen molar-refractivity contribution in [2.24, 2.45) is 5.92 Å². The zero-order chi connectivity index (χ0) is 13.3. The van der Waals surface area contributed by atoms with E-state index in [1.54, 1.807) is 0 Å². The van der Waals surface area contributed by atoms with Gasteiger partial charge in [-0.3, -0.25) is 9.59 Å². The second-order valence-corrected chi connectivity index (χ2v) is 6.08. The first-order valence-corrected chi connectivity index (χ1v) is 6.94. The van der Waals surface area contributed by atoms with E-state index < -0.39 is 12.0 Å². The molecule has 98 valence electrons. The van der Waals surface area contributed by atoms with Gasteiger partial charge in [0, 0.05) is 4.88 Å². The van der Waals surface area contributed by atoms with Crippen LogP contribution in [0.1, 0.15) is 40.4 Å². The molecule has 0 radical (unpaired) electrons. The standard InChI is InChI=1S/C13H17NO3S/c1-7-3-4-10-9(5-7)6-11(18-10)12(15)14-8(2)13(16)17/h6-8H,3-5H2,1-2H3,(H,14,15)(H,16,17)/t7?,8-/m0/s1. The Hall–Kier alpha value is -1.36. The zero-order valence-electron chi connectivity index (χ0n) is 10.5. The summed E-state index contributed by atoms with van der Waals surface area (Å²) >= 11 is 1.49. The molecule has 18 heavy (non-hydrogen) atoms. The first kappa shape index (κ1) is 13.1. The molecular formula is C13H17NO3S. The molecule has 0 aliphatic heterocycles. The summed E-state index contributed by atoms with van der Waals surface area (Å²) in [6, 6.07) is 1.06. The van der Waals surface area contributed by atoms with Crippen LogP contribution >= 0.6 is 11.3 Å². The number of hydrogen-bond acceptors (Lipinski definition) is 3. The number of thiophene rings is 1. The molecule has 1 amide bonds. The van der Waals surface area contributed by atoms with E-state index in [1.165, 1.54) is 35.1 Å². The molecule has 1 aliphatic rings. The van der Waals surface area contributed by atoms with E-state index in [2.05, 4.69) is 12.2 Å². The molecule has 1 unspecified atom stereocenters. The van der Waals surface area contributed by atoms with Crippen LogP contribution in [0.5, 0.6) is 0 Å². The number of nitrogens with one attached hydrogen (secondary N) is 1. The smallest absolute Gasteiger partial charge is 0.325 e. The number of rotatable bonds is 3. The van der Waals surface area contributed by atoms with E-state index in [0.29, 0.717) is 10.8 Å². The maximum absolute atomic E-state index is 11.9. The maximum atomic E-state index is 11.9. The summed E-state index contributed by atoms with van der Waals surface area (Å²) in [5, 5.41) is 11.3. The number of fused-ring (bicyclic) bond motifs is 1. The van der Waals surface area contributed by atoms with Crippen molar-refractivity contribution < 1.29 is 14.7 Å². The van der Waals surface area contributed by atoms with Crippen molar-refractivity contribution in [3.63, 3.8) is 0 Å². The van der Waals surface area contributed by atoms with E-state index in [9.17, 15) is 9.59 Å². The molecule has 0 bridgehead atoms. The SMILES string of the molecule is CC1CCc2sc(C(=O)N[C@@H](C)C(=O)O)cc2C1. The van der Waals surface area contributed by atoms with Crippen molar-refractivity contribution in [1.29, 1.82) is 0 Å². The Morgan fingerprint density at radius 2 is 2.28 bits per heavy atom. The van der Waals surface area contributed by atoms with Gasteiger partial charge in [0.2, 0.25) is 0 Å². The van der Waals surface area contributed by atoms with E-state index in [4.69, 9.17) is 5.11 Å². The maximum Gasteiger partial charge on any atom is 0.325 e. The van der Waals surface area contributed by atoms with Crippen molar-refractivity contribution in [1.82, 2.24) is 5.32 Å². The molecule has 2 atom stereocenters. The highest BCUT2D eigenvalue weighted by Gasteiger charge is 2.22. The number of carboxylic acids is 1. The summed E-state index contributed by atoms with van der Waals surface area (Å²) in [5.41, 5.74) is 1.26. The Balaban J connectivity index is 2.10. The van der Waals surface area contributed by atoms with Crippen LogP contribution in [0.2, 0.25) is 0 Å². The quantitative estimate of drug-likeness (QED) is 0.881. The summed E-state index contributed by atoms with van der Waals surface area (Å²) in [4.78, 5) is 24.5. The molecule has 5 heteroatoms. The van der Waals surface area contributed by atoms with E-state index in [1.807, 2.05) is 6.07 Å². The van der Waals surface area contributed by atoms with E-state index in [0.717, 1.165) is 12.8 Å². The number of carbonyl (C=O) groups is 2. The molecule has 2 rings (SSSR count). The molecule has 1 aromatic rings. The predicted octanol–water partition coefficient (Wildman–Crippen LogP) is 2.08. The fourth-order valence-corrected chi connectivity index (χ4v) is 3.26. The van der Waals surface area contributed by atoms with Crippen molar-refractivity contribution in [3.05, 3.63) is 21.4 Å². The number of carbonyl (C=O) groups excluding carboxylic acids is 1. The molecule has 0 spiro atoms. The molecule has 1 aromatic heterocycles. The molecule has 0 saturated heterocycles. The molecule has 0 fully saturated rings. The van der Waals surface area contributed by atoms with Gasteiger partial charge < -0.3 is 10.4 Å². The highest BCUT2D eigenvalue weighted by molar-refractivity contribution is 7.14. The van der Waals surface area contributed by atoms with Crippen LogP contribution in [0.15, 0.2) is 6.07 Å². The fourth-order valence-electron chi connectivity index (χ4n) is 2.15. The third-order valence-corrected chi connectivity index (χ3v) is 4.51. The summed E-state index contributed by atoms with van der Waals surface area (Å²) in [6.45, 7) is 3.68. The van der Waals surface area contributed by atoms with Crippen LogP contribution in [-0.4, -0.2) is 23.0 Å². The lowest BCUT2D eigenvalue weighted by Crippen LogP contribution is -2.37. The van der Waals surface area contributed by atoms with Crippen molar-refractivity contribution in [3.8, 4) is 0 Å². The lowest BCUT2D eigenvalue weighted by Gasteiger charge is -2.16. The van der Waals surface area contributed by atoms with Gasteiger partial charge in [-0.15, -0.1) is 11.3 Å². The minimum atomic E-state index is -1.02. The summed E-state index contributed by atoms with van der Waals surface area (Å²) in [5.74, 6) is -0.629. The minimum Gasteiger partial charge on any atom is -0.480 e. The van der Waals surface area contributed by atoms with Gasteiger partial charge in [0.25, 0.3) is 5.91 Å². The minimum absolute atomic E-state index is 0.281. The summed E-state index contributed by atoms with van der Waals surface area (Å²) < 4.78 is 0. The van der Waals surface area contributed by atoms with Gasteiger partial charge in [-0.2, -0.15) is 0 Å². The van der Waals surface area contributed by atoms with Crippen LogP contribution in [0, 0.1) is 5.92 Å². The Bertz CT molecular complexity index is 481. The average Bonchev–Trinajstić information content (AvgIpc) is 2.71. The highest BCUT2D eigenvalue weighted by Crippen LogP contribution is 2.32. The lowest BCUT2D eigenvalue weighted by molar-refractivity contribution is -0.138. The number of amides is 1. The largest absolute Gasteiger partial charge is 0.480 e. The van der Waals surface area contributed by atoms with Crippen LogP contribution in [-0.2, 0) is 17.6 Å². The number of aliphatic carboxylic acids is 1. The average molecular weight is 267 g/mol. The Labute approximate surface area is 110 Å². The Kier molecular flexibility index (Phi) is 3.71. The fraction of sp³-hybridized carbons (Fsp3) is 0.538. The zero-order valence-corrected chi connectivity index (χ0v) is 11.3. The number of aryl methyl sites for hydroxylation is 1. The van der Waals surface area contributed by atoms with Gasteiger partial charge in [0.05, 0.1) is 4.88 Å². The predicted molar refractivity (Wildman–Crippen MR) is 70.1 cm³/mol. The number of hydrogen-bond donors (Lipinski definition) is 2. The number of carboxylic acid groups (broad SMARTS) is 1. The van der Waals surface area contributed by atoms with E-state index >= 15 is 0 Å². The van der Waals surface area contributed by atoms with Gasteiger partial charge in [-0.25, -0.2) is 0 Å². The van der Waals surface area contributed by atoms with E-state index in [-0.39, 0.29) is 5.91 Å². The van der Waals surface area contributed by atoms with Crippen LogP contribution < -0.4 is 5.32 Å². The molecule has 0 saturated carbocycles. The molecule has 4 nitrogen and oxygen atoms in total. The topological polar surface area (TPSA) is 66.4 Å². The lowest BCUT2D eigenvalue weighted by atomic mass is 9.90. The molecule has 0 aromatic carbocycles. The van der Waals surface area contributed by atoms with Gasteiger partial charge in [0.1, 0.15) is 6.04 Å². The van der Waals surface area contributed by atoms with Crippen molar-refractivity contribution in [2.45, 2.75) is 39.2 Å². The first-order chi connectivity index (χ1) is 8.47. The molecule has 2 N–H and O–H groups in total.